The lowest BCUT2D eigenvalue weighted by atomic mass is 10.1. The van der Waals surface area contributed by atoms with Gasteiger partial charge in [-0.15, -0.1) is 5.10 Å². The van der Waals surface area contributed by atoms with E-state index in [0.717, 1.165) is 37.0 Å². The second kappa shape index (κ2) is 7.62. The van der Waals surface area contributed by atoms with Crippen LogP contribution in [0, 0.1) is 11.6 Å². The predicted molar refractivity (Wildman–Crippen MR) is 112 cm³/mol. The van der Waals surface area contributed by atoms with Gasteiger partial charge in [-0.25, -0.2) is 28.4 Å². The van der Waals surface area contributed by atoms with E-state index in [1.165, 1.54) is 6.07 Å². The Bertz CT molecular complexity index is 1280. The van der Waals surface area contributed by atoms with Crippen LogP contribution >= 0.6 is 0 Å². The molecule has 0 bridgehead atoms. The van der Waals surface area contributed by atoms with E-state index < -0.39 is 11.6 Å². The number of rotatable bonds is 4. The first-order chi connectivity index (χ1) is 15.0. The molecule has 2 N–H and O–H groups in total. The number of hydrogen-bond donors (Lipinski definition) is 2. The summed E-state index contributed by atoms with van der Waals surface area (Å²) in [6.07, 6.45) is 1.89. The third kappa shape index (κ3) is 3.59. The van der Waals surface area contributed by atoms with Crippen molar-refractivity contribution in [1.29, 1.82) is 0 Å². The highest BCUT2D eigenvalue weighted by Gasteiger charge is 2.18. The van der Waals surface area contributed by atoms with Crippen molar-refractivity contribution in [3.63, 3.8) is 0 Å². The number of aromatic nitrogens is 6. The zero-order valence-electron chi connectivity index (χ0n) is 17.0. The van der Waals surface area contributed by atoms with Crippen LogP contribution in [0.1, 0.15) is 31.1 Å². The highest BCUT2D eigenvalue weighted by atomic mass is 19.1. The number of halogens is 2. The van der Waals surface area contributed by atoms with Crippen molar-refractivity contribution >= 4 is 22.8 Å². The van der Waals surface area contributed by atoms with Crippen LogP contribution < -0.4 is 10.6 Å². The molecular weight excluding hydrogens is 402 g/mol. The monoisotopic (exact) mass is 422 g/mol. The molecule has 31 heavy (non-hydrogen) atoms. The van der Waals surface area contributed by atoms with Crippen LogP contribution in [0.2, 0.25) is 0 Å². The fourth-order valence-electron chi connectivity index (χ4n) is 3.67. The number of nitrogens with one attached hydrogen (secondary N) is 2. The molecule has 0 atom stereocenters. The van der Waals surface area contributed by atoms with Gasteiger partial charge in [0, 0.05) is 36.8 Å². The summed E-state index contributed by atoms with van der Waals surface area (Å²) in [5.41, 5.74) is 3.03. The summed E-state index contributed by atoms with van der Waals surface area (Å²) in [6, 6.07) is 6.64. The number of anilines is 2. The molecule has 158 valence electrons. The zero-order valence-corrected chi connectivity index (χ0v) is 17.0. The summed E-state index contributed by atoms with van der Waals surface area (Å²) in [4.78, 5) is 12.9. The SMILES string of the molecule is CC(C)n1nnc2c(F)cc(-c3nc(Nc4ccc5c(n4)CCNC5)ncc3F)cc21. The van der Waals surface area contributed by atoms with E-state index in [-0.39, 0.29) is 28.8 Å². The van der Waals surface area contributed by atoms with Gasteiger partial charge in [-0.05, 0) is 37.6 Å². The van der Waals surface area contributed by atoms with Gasteiger partial charge in [-0.3, -0.25) is 0 Å². The number of fused-ring (bicyclic) bond motifs is 2. The van der Waals surface area contributed by atoms with Crippen molar-refractivity contribution in [2.75, 3.05) is 11.9 Å². The minimum absolute atomic E-state index is 0.0167. The smallest absolute Gasteiger partial charge is 0.229 e. The summed E-state index contributed by atoms with van der Waals surface area (Å²) in [5, 5.41) is 14.2. The lowest BCUT2D eigenvalue weighted by Gasteiger charge is -2.17. The van der Waals surface area contributed by atoms with E-state index in [1.54, 1.807) is 10.7 Å². The molecule has 4 aromatic rings. The number of hydrogen-bond acceptors (Lipinski definition) is 7. The van der Waals surface area contributed by atoms with Gasteiger partial charge < -0.3 is 10.6 Å². The Morgan fingerprint density at radius 1 is 1.13 bits per heavy atom. The van der Waals surface area contributed by atoms with Crippen LogP contribution in [-0.4, -0.2) is 36.5 Å². The first-order valence-electron chi connectivity index (χ1n) is 10.0. The third-order valence-electron chi connectivity index (χ3n) is 5.20. The Kier molecular flexibility index (Phi) is 4.78. The van der Waals surface area contributed by atoms with Crippen LogP contribution in [0.4, 0.5) is 20.5 Å². The van der Waals surface area contributed by atoms with E-state index >= 15 is 0 Å². The molecule has 0 saturated carbocycles. The van der Waals surface area contributed by atoms with Gasteiger partial charge in [0.05, 0.1) is 11.7 Å². The molecule has 1 aromatic carbocycles. The van der Waals surface area contributed by atoms with Crippen LogP contribution in [-0.2, 0) is 13.0 Å². The van der Waals surface area contributed by atoms with E-state index in [0.29, 0.717) is 11.3 Å². The normalized spacial score (nSPS) is 13.6. The summed E-state index contributed by atoms with van der Waals surface area (Å²) < 4.78 is 30.8. The highest BCUT2D eigenvalue weighted by molar-refractivity contribution is 5.81. The average molecular weight is 422 g/mol. The molecule has 1 aliphatic rings. The lowest BCUT2D eigenvalue weighted by Crippen LogP contribution is -2.24. The molecule has 8 nitrogen and oxygen atoms in total. The standard InChI is InChI=1S/C21H20F2N8/c1-11(2)31-17-8-13(7-14(22)20(17)29-30-31)19-15(23)10-25-21(28-19)27-18-4-3-12-9-24-6-5-16(12)26-18/h3-4,7-8,10-11,24H,5-6,9H2,1-2H3,(H,25,26,27,28). The van der Waals surface area contributed by atoms with Crippen molar-refractivity contribution in [3.8, 4) is 11.3 Å². The predicted octanol–water partition coefficient (Wildman–Crippen LogP) is 3.53. The summed E-state index contributed by atoms with van der Waals surface area (Å²) in [6.45, 7) is 5.48. The lowest BCUT2D eigenvalue weighted by molar-refractivity contribution is 0.530. The van der Waals surface area contributed by atoms with Gasteiger partial charge in [-0.2, -0.15) is 0 Å². The quantitative estimate of drug-likeness (QED) is 0.520. The molecule has 5 rings (SSSR count). The van der Waals surface area contributed by atoms with Gasteiger partial charge in [-0.1, -0.05) is 11.3 Å². The maximum Gasteiger partial charge on any atom is 0.229 e. The summed E-state index contributed by atoms with van der Waals surface area (Å²) in [5.74, 6) is -0.495. The third-order valence-corrected chi connectivity index (χ3v) is 5.20. The van der Waals surface area contributed by atoms with E-state index in [4.69, 9.17) is 0 Å². The molecular formula is C21H20F2N8. The van der Waals surface area contributed by atoms with Crippen LogP contribution in [0.3, 0.4) is 0 Å². The molecule has 0 fully saturated rings. The molecule has 1 aliphatic heterocycles. The Hall–Kier alpha value is -3.53. The van der Waals surface area contributed by atoms with Crippen LogP contribution in [0.25, 0.3) is 22.3 Å². The first kappa shape index (κ1) is 19.4. The van der Waals surface area contributed by atoms with Crippen LogP contribution in [0.15, 0.2) is 30.5 Å². The molecule has 0 unspecified atom stereocenters. The van der Waals surface area contributed by atoms with E-state index in [2.05, 4.69) is 35.9 Å². The minimum Gasteiger partial charge on any atom is -0.312 e. The second-order valence-corrected chi connectivity index (χ2v) is 7.70. The van der Waals surface area contributed by atoms with Crippen LogP contribution in [0.5, 0.6) is 0 Å². The zero-order chi connectivity index (χ0) is 21.5. The van der Waals surface area contributed by atoms with Gasteiger partial charge in [0.25, 0.3) is 0 Å². The maximum absolute atomic E-state index is 14.6. The van der Waals surface area contributed by atoms with Gasteiger partial charge in [0.2, 0.25) is 5.95 Å². The fourth-order valence-corrected chi connectivity index (χ4v) is 3.67. The van der Waals surface area contributed by atoms with Crippen molar-refractivity contribution in [2.24, 2.45) is 0 Å². The molecule has 0 amide bonds. The highest BCUT2D eigenvalue weighted by Crippen LogP contribution is 2.28. The van der Waals surface area contributed by atoms with Crippen molar-refractivity contribution < 1.29 is 8.78 Å². The number of benzene rings is 1. The van der Waals surface area contributed by atoms with Crippen molar-refractivity contribution in [3.05, 3.63) is 53.4 Å². The number of pyridine rings is 1. The average Bonchev–Trinajstić information content (AvgIpc) is 3.20. The summed E-state index contributed by atoms with van der Waals surface area (Å²) in [7, 11) is 0. The molecule has 0 saturated heterocycles. The Morgan fingerprint density at radius 2 is 2.00 bits per heavy atom. The van der Waals surface area contributed by atoms with Gasteiger partial charge in [0.15, 0.2) is 11.6 Å². The molecule has 3 aromatic heterocycles. The maximum atomic E-state index is 14.6. The molecule has 0 spiro atoms. The van der Waals surface area contributed by atoms with E-state index in [1.807, 2.05) is 26.0 Å². The molecule has 10 heteroatoms. The van der Waals surface area contributed by atoms with Crippen molar-refractivity contribution in [1.82, 2.24) is 35.3 Å². The van der Waals surface area contributed by atoms with E-state index in [9.17, 15) is 8.78 Å². The molecule has 0 aliphatic carbocycles. The Balaban J connectivity index is 1.52. The summed E-state index contributed by atoms with van der Waals surface area (Å²) >= 11 is 0. The number of nitrogens with zero attached hydrogens (tertiary/aromatic N) is 6. The Morgan fingerprint density at radius 3 is 2.84 bits per heavy atom. The van der Waals surface area contributed by atoms with Gasteiger partial charge in [0.1, 0.15) is 17.0 Å². The fraction of sp³-hybridized carbons (Fsp3) is 0.286. The molecule has 0 radical (unpaired) electrons. The second-order valence-electron chi connectivity index (χ2n) is 7.70. The minimum atomic E-state index is -0.655. The van der Waals surface area contributed by atoms with Crippen molar-refractivity contribution in [2.45, 2.75) is 32.9 Å². The largest absolute Gasteiger partial charge is 0.312 e. The molecule has 4 heterocycles. The first-order valence-corrected chi connectivity index (χ1v) is 10.0. The van der Waals surface area contributed by atoms with Gasteiger partial charge >= 0.3 is 0 Å². The topological polar surface area (TPSA) is 93.4 Å². The Labute approximate surface area is 176 Å².